The van der Waals surface area contributed by atoms with Crippen LogP contribution in [0.15, 0.2) is 24.3 Å². The molecular formula is C12H12F3N3OS. The Balaban J connectivity index is 1.97. The van der Waals surface area contributed by atoms with E-state index < -0.39 is 18.6 Å². The maximum Gasteiger partial charge on any atom is 0.405 e. The number of carbonyl (C=O) groups is 1. The molecule has 0 radical (unpaired) electrons. The molecule has 0 atom stereocenters. The van der Waals surface area contributed by atoms with Crippen LogP contribution in [0.2, 0.25) is 0 Å². The fraction of sp³-hybridized carbons (Fsp3) is 0.333. The predicted molar refractivity (Wildman–Crippen MR) is 72.0 cm³/mol. The van der Waals surface area contributed by atoms with Crippen molar-refractivity contribution in [3.05, 3.63) is 24.3 Å². The van der Waals surface area contributed by atoms with E-state index in [4.69, 9.17) is 0 Å². The zero-order valence-electron chi connectivity index (χ0n) is 10.6. The zero-order chi connectivity index (χ0) is 14.8. The minimum Gasteiger partial charge on any atom is -0.345 e. The summed E-state index contributed by atoms with van der Waals surface area (Å²) in [7, 11) is 1.62. The number of hydrogen-bond donors (Lipinski definition) is 1. The normalized spacial score (nSPS) is 11.6. The molecule has 0 saturated carbocycles. The molecule has 0 spiro atoms. The molecule has 20 heavy (non-hydrogen) atoms. The molecule has 0 saturated heterocycles. The highest BCUT2D eigenvalue weighted by molar-refractivity contribution is 7.22. The number of aromatic nitrogens is 1. The van der Waals surface area contributed by atoms with Crippen LogP contribution in [0, 0.1) is 0 Å². The zero-order valence-corrected chi connectivity index (χ0v) is 11.4. The van der Waals surface area contributed by atoms with Gasteiger partial charge in [0.15, 0.2) is 5.13 Å². The molecule has 1 heterocycles. The monoisotopic (exact) mass is 303 g/mol. The largest absolute Gasteiger partial charge is 0.405 e. The number of carbonyl (C=O) groups excluding carboxylic acids is 1. The lowest BCUT2D eigenvalue weighted by Crippen LogP contribution is -2.39. The first-order chi connectivity index (χ1) is 9.35. The third kappa shape index (κ3) is 3.83. The maximum absolute atomic E-state index is 12.0. The van der Waals surface area contributed by atoms with Crippen molar-refractivity contribution in [2.45, 2.75) is 6.18 Å². The predicted octanol–water partition coefficient (Wildman–Crippen LogP) is 2.41. The van der Waals surface area contributed by atoms with E-state index in [9.17, 15) is 18.0 Å². The Hall–Kier alpha value is -1.83. The fourth-order valence-electron chi connectivity index (χ4n) is 1.56. The number of nitrogens with one attached hydrogen (secondary N) is 1. The molecule has 2 rings (SSSR count). The van der Waals surface area contributed by atoms with Crippen molar-refractivity contribution < 1.29 is 18.0 Å². The highest BCUT2D eigenvalue weighted by Crippen LogP contribution is 2.27. The Morgan fingerprint density at radius 3 is 2.75 bits per heavy atom. The van der Waals surface area contributed by atoms with E-state index >= 15 is 0 Å². The highest BCUT2D eigenvalue weighted by Gasteiger charge is 2.27. The molecule has 8 heteroatoms. The third-order valence-corrected chi connectivity index (χ3v) is 3.63. The van der Waals surface area contributed by atoms with Crippen LogP contribution in [0.1, 0.15) is 0 Å². The van der Waals surface area contributed by atoms with Crippen molar-refractivity contribution in [2.24, 2.45) is 0 Å². The first-order valence-electron chi connectivity index (χ1n) is 5.75. The molecule has 0 bridgehead atoms. The van der Waals surface area contributed by atoms with Crippen molar-refractivity contribution >= 4 is 32.6 Å². The second-order valence-corrected chi connectivity index (χ2v) is 5.22. The van der Waals surface area contributed by atoms with Gasteiger partial charge in [-0.25, -0.2) is 4.98 Å². The quantitative estimate of drug-likeness (QED) is 0.943. The van der Waals surface area contributed by atoms with Gasteiger partial charge in [0, 0.05) is 7.05 Å². The van der Waals surface area contributed by atoms with E-state index in [0.717, 1.165) is 10.2 Å². The highest BCUT2D eigenvalue weighted by atomic mass is 32.1. The Labute approximate surface area is 117 Å². The summed E-state index contributed by atoms with van der Waals surface area (Å²) in [5, 5.41) is 2.42. The number of alkyl halides is 3. The van der Waals surface area contributed by atoms with Crippen LogP contribution >= 0.6 is 11.3 Å². The second-order valence-electron chi connectivity index (χ2n) is 4.21. The standard InChI is InChI=1S/C12H12F3N3OS/c1-18(6-10(19)16-7-12(13,14)15)11-17-8-4-2-3-5-9(8)20-11/h2-5H,6-7H2,1H3,(H,16,19). The Morgan fingerprint density at radius 2 is 2.10 bits per heavy atom. The molecule has 1 amide bonds. The molecule has 0 aliphatic carbocycles. The van der Waals surface area contributed by atoms with Crippen molar-refractivity contribution in [2.75, 3.05) is 25.0 Å². The van der Waals surface area contributed by atoms with Crippen molar-refractivity contribution in [3.63, 3.8) is 0 Å². The van der Waals surface area contributed by atoms with Crippen LogP contribution < -0.4 is 10.2 Å². The van der Waals surface area contributed by atoms with E-state index in [0.29, 0.717) is 5.13 Å². The summed E-state index contributed by atoms with van der Waals surface area (Å²) in [6.07, 6.45) is -4.40. The van der Waals surface area contributed by atoms with Gasteiger partial charge in [0.2, 0.25) is 5.91 Å². The minimum atomic E-state index is -4.40. The van der Waals surface area contributed by atoms with Gasteiger partial charge in [0.05, 0.1) is 16.8 Å². The summed E-state index contributed by atoms with van der Waals surface area (Å²) < 4.78 is 36.9. The summed E-state index contributed by atoms with van der Waals surface area (Å²) in [5.74, 6) is -0.691. The van der Waals surface area contributed by atoms with E-state index in [1.54, 1.807) is 7.05 Å². The maximum atomic E-state index is 12.0. The van der Waals surface area contributed by atoms with Gasteiger partial charge < -0.3 is 10.2 Å². The Kier molecular flexibility index (Phi) is 4.12. The van der Waals surface area contributed by atoms with Gasteiger partial charge in [-0.05, 0) is 12.1 Å². The van der Waals surface area contributed by atoms with Crippen LogP contribution in [-0.2, 0) is 4.79 Å². The molecule has 1 N–H and O–H groups in total. The van der Waals surface area contributed by atoms with Gasteiger partial charge in [0.25, 0.3) is 0 Å². The molecule has 1 aromatic heterocycles. The molecule has 0 fully saturated rings. The first kappa shape index (κ1) is 14.6. The van der Waals surface area contributed by atoms with Gasteiger partial charge in [0.1, 0.15) is 6.54 Å². The summed E-state index contributed by atoms with van der Waals surface area (Å²) >= 11 is 1.38. The van der Waals surface area contributed by atoms with Gasteiger partial charge in [-0.15, -0.1) is 0 Å². The van der Waals surface area contributed by atoms with Crippen LogP contribution in [0.3, 0.4) is 0 Å². The number of thiazole rings is 1. The summed E-state index contributed by atoms with van der Waals surface area (Å²) in [6, 6.07) is 7.46. The smallest absolute Gasteiger partial charge is 0.345 e. The van der Waals surface area contributed by atoms with Crippen molar-refractivity contribution in [1.82, 2.24) is 10.3 Å². The first-order valence-corrected chi connectivity index (χ1v) is 6.57. The van der Waals surface area contributed by atoms with Crippen LogP contribution in [0.25, 0.3) is 10.2 Å². The lowest BCUT2D eigenvalue weighted by Gasteiger charge is -2.15. The van der Waals surface area contributed by atoms with Crippen molar-refractivity contribution in [1.29, 1.82) is 0 Å². The van der Waals surface area contributed by atoms with Gasteiger partial charge in [-0.1, -0.05) is 23.5 Å². The molecular weight excluding hydrogens is 291 g/mol. The molecule has 108 valence electrons. The molecule has 0 unspecified atom stereocenters. The Morgan fingerprint density at radius 1 is 1.40 bits per heavy atom. The van der Waals surface area contributed by atoms with E-state index in [1.807, 2.05) is 29.6 Å². The van der Waals surface area contributed by atoms with Crippen LogP contribution in [0.4, 0.5) is 18.3 Å². The summed E-state index contributed by atoms with van der Waals surface area (Å²) in [4.78, 5) is 17.3. The Bertz CT molecular complexity index is 578. The number of rotatable bonds is 4. The van der Waals surface area contributed by atoms with Crippen LogP contribution in [0.5, 0.6) is 0 Å². The number of benzene rings is 1. The molecule has 1 aromatic carbocycles. The summed E-state index contributed by atoms with van der Waals surface area (Å²) in [6.45, 7) is -1.49. The lowest BCUT2D eigenvalue weighted by atomic mass is 10.3. The summed E-state index contributed by atoms with van der Waals surface area (Å²) in [5.41, 5.74) is 0.801. The number of hydrogen-bond acceptors (Lipinski definition) is 4. The average Bonchev–Trinajstić information content (AvgIpc) is 2.79. The number of para-hydroxylation sites is 1. The number of fused-ring (bicyclic) bond motifs is 1. The number of likely N-dealkylation sites (N-methyl/N-ethyl adjacent to an activating group) is 1. The molecule has 4 nitrogen and oxygen atoms in total. The van der Waals surface area contributed by atoms with E-state index in [-0.39, 0.29) is 6.54 Å². The molecule has 0 aliphatic heterocycles. The molecule has 0 aliphatic rings. The van der Waals surface area contributed by atoms with Gasteiger partial charge in [-0.2, -0.15) is 13.2 Å². The second kappa shape index (κ2) is 5.66. The number of anilines is 1. The number of halogens is 3. The fourth-order valence-corrected chi connectivity index (χ4v) is 2.49. The van der Waals surface area contributed by atoms with Gasteiger partial charge >= 0.3 is 6.18 Å². The third-order valence-electron chi connectivity index (χ3n) is 2.48. The SMILES string of the molecule is CN(CC(=O)NCC(F)(F)F)c1nc2ccccc2s1. The van der Waals surface area contributed by atoms with Crippen molar-refractivity contribution in [3.8, 4) is 0 Å². The average molecular weight is 303 g/mol. The minimum absolute atomic E-state index is 0.171. The van der Waals surface area contributed by atoms with E-state index in [2.05, 4.69) is 4.98 Å². The molecule has 2 aromatic rings. The lowest BCUT2D eigenvalue weighted by molar-refractivity contribution is -0.137. The van der Waals surface area contributed by atoms with Crippen LogP contribution in [-0.4, -0.2) is 37.2 Å². The van der Waals surface area contributed by atoms with E-state index in [1.165, 1.54) is 16.2 Å². The van der Waals surface area contributed by atoms with Gasteiger partial charge in [-0.3, -0.25) is 4.79 Å². The topological polar surface area (TPSA) is 45.2 Å². The number of amides is 1. The number of nitrogens with zero attached hydrogens (tertiary/aromatic N) is 2.